The van der Waals surface area contributed by atoms with E-state index in [9.17, 15) is 9.90 Å². The molecule has 1 aromatic rings. The first kappa shape index (κ1) is 12.0. The normalized spacial score (nSPS) is 23.9. The number of aliphatic carboxylic acids is 1. The Balaban J connectivity index is 1.92. The Labute approximate surface area is 111 Å². The third-order valence-electron chi connectivity index (χ3n) is 4.50. The largest absolute Gasteiger partial charge is 0.481 e. The highest BCUT2D eigenvalue weighted by Gasteiger charge is 2.54. The molecule has 1 atom stereocenters. The molecular formula is C14H15N3O2. The predicted molar refractivity (Wildman–Crippen MR) is 68.6 cm³/mol. The molecule has 19 heavy (non-hydrogen) atoms. The van der Waals surface area contributed by atoms with Gasteiger partial charge in [-0.15, -0.1) is 0 Å². The van der Waals surface area contributed by atoms with Gasteiger partial charge in [0.2, 0.25) is 0 Å². The van der Waals surface area contributed by atoms with Crippen LogP contribution in [0.15, 0.2) is 18.3 Å². The fraction of sp³-hybridized carbons (Fsp3) is 0.500. The van der Waals surface area contributed by atoms with E-state index in [0.717, 1.165) is 19.3 Å². The van der Waals surface area contributed by atoms with Crippen molar-refractivity contribution in [1.29, 1.82) is 5.26 Å². The van der Waals surface area contributed by atoms with Crippen molar-refractivity contribution in [2.75, 3.05) is 18.0 Å². The minimum atomic E-state index is -0.725. The highest BCUT2D eigenvalue weighted by Crippen LogP contribution is 2.52. The molecular weight excluding hydrogens is 242 g/mol. The maximum absolute atomic E-state index is 11.4. The van der Waals surface area contributed by atoms with Crippen molar-refractivity contribution in [3.05, 3.63) is 23.9 Å². The van der Waals surface area contributed by atoms with Crippen LogP contribution in [0.25, 0.3) is 0 Å². The molecule has 98 valence electrons. The van der Waals surface area contributed by atoms with E-state index in [1.165, 1.54) is 0 Å². The minimum absolute atomic E-state index is 0.101. The summed E-state index contributed by atoms with van der Waals surface area (Å²) in [5.74, 6) is -0.438. The second-order valence-electron chi connectivity index (χ2n) is 5.47. The smallest absolute Gasteiger partial charge is 0.308 e. The molecule has 1 aromatic heterocycles. The number of carboxylic acids is 1. The van der Waals surface area contributed by atoms with Gasteiger partial charge in [-0.3, -0.25) is 4.79 Å². The van der Waals surface area contributed by atoms with Crippen molar-refractivity contribution >= 4 is 11.8 Å². The molecule has 2 aliphatic rings. The zero-order chi connectivity index (χ0) is 13.5. The van der Waals surface area contributed by atoms with Gasteiger partial charge in [0.1, 0.15) is 11.9 Å². The van der Waals surface area contributed by atoms with Gasteiger partial charge in [0.25, 0.3) is 0 Å². The number of hydrogen-bond acceptors (Lipinski definition) is 4. The summed E-state index contributed by atoms with van der Waals surface area (Å²) in [6.07, 6.45) is 4.69. The summed E-state index contributed by atoms with van der Waals surface area (Å²) >= 11 is 0. The van der Waals surface area contributed by atoms with Gasteiger partial charge in [-0.05, 0) is 25.0 Å². The average Bonchev–Trinajstić information content (AvgIpc) is 2.79. The molecule has 1 spiro atoms. The fourth-order valence-corrected chi connectivity index (χ4v) is 3.34. The summed E-state index contributed by atoms with van der Waals surface area (Å²) in [5, 5.41) is 18.5. The first-order chi connectivity index (χ1) is 9.16. The quantitative estimate of drug-likeness (QED) is 0.871. The highest BCUT2D eigenvalue weighted by molar-refractivity contribution is 5.74. The standard InChI is InChI=1S/C14H15N3O2/c15-7-10-3-1-6-16-12(10)17-8-11(13(18)19)14(9-17)4-2-5-14/h1,3,6,11H,2,4-5,8-9H2,(H,18,19). The molecule has 1 saturated heterocycles. The van der Waals surface area contributed by atoms with E-state index in [1.54, 1.807) is 18.3 Å². The Kier molecular flexibility index (Phi) is 2.67. The SMILES string of the molecule is N#Cc1cccnc1N1CC(C(=O)O)C2(CCC2)C1. The number of carboxylic acid groups (broad SMARTS) is 1. The zero-order valence-electron chi connectivity index (χ0n) is 10.5. The maximum atomic E-state index is 11.4. The molecule has 5 nitrogen and oxygen atoms in total. The van der Waals surface area contributed by atoms with E-state index in [4.69, 9.17) is 5.26 Å². The molecule has 1 aliphatic heterocycles. The average molecular weight is 257 g/mol. The summed E-state index contributed by atoms with van der Waals surface area (Å²) < 4.78 is 0. The molecule has 5 heteroatoms. The fourth-order valence-electron chi connectivity index (χ4n) is 3.34. The van der Waals surface area contributed by atoms with Crippen LogP contribution in [0.5, 0.6) is 0 Å². The van der Waals surface area contributed by atoms with Crippen molar-refractivity contribution in [3.8, 4) is 6.07 Å². The lowest BCUT2D eigenvalue weighted by Gasteiger charge is -2.41. The maximum Gasteiger partial charge on any atom is 0.308 e. The lowest BCUT2D eigenvalue weighted by atomic mass is 9.63. The van der Waals surface area contributed by atoms with E-state index in [0.29, 0.717) is 24.5 Å². The van der Waals surface area contributed by atoms with E-state index < -0.39 is 5.97 Å². The van der Waals surface area contributed by atoms with Crippen LogP contribution < -0.4 is 4.90 Å². The van der Waals surface area contributed by atoms with Crippen LogP contribution in [0.2, 0.25) is 0 Å². The monoisotopic (exact) mass is 257 g/mol. The molecule has 1 saturated carbocycles. The van der Waals surface area contributed by atoms with Gasteiger partial charge < -0.3 is 10.0 Å². The van der Waals surface area contributed by atoms with Crippen molar-refractivity contribution < 1.29 is 9.90 Å². The number of carbonyl (C=O) groups is 1. The van der Waals surface area contributed by atoms with Crippen LogP contribution in [-0.4, -0.2) is 29.1 Å². The molecule has 2 heterocycles. The zero-order valence-corrected chi connectivity index (χ0v) is 10.5. The summed E-state index contributed by atoms with van der Waals surface area (Å²) in [6, 6.07) is 5.58. The van der Waals surface area contributed by atoms with Crippen LogP contribution >= 0.6 is 0 Å². The minimum Gasteiger partial charge on any atom is -0.481 e. The van der Waals surface area contributed by atoms with E-state index in [2.05, 4.69) is 11.1 Å². The van der Waals surface area contributed by atoms with Gasteiger partial charge in [-0.1, -0.05) is 6.42 Å². The first-order valence-electron chi connectivity index (χ1n) is 6.49. The third-order valence-corrected chi connectivity index (χ3v) is 4.50. The van der Waals surface area contributed by atoms with Gasteiger partial charge in [-0.2, -0.15) is 5.26 Å². The molecule has 2 fully saturated rings. The molecule has 0 bridgehead atoms. The number of hydrogen-bond donors (Lipinski definition) is 1. The lowest BCUT2D eigenvalue weighted by molar-refractivity contribution is -0.146. The molecule has 1 unspecified atom stereocenters. The summed E-state index contributed by atoms with van der Waals surface area (Å²) in [7, 11) is 0. The van der Waals surface area contributed by atoms with Gasteiger partial charge in [0, 0.05) is 24.7 Å². The number of pyridine rings is 1. The Morgan fingerprint density at radius 1 is 1.58 bits per heavy atom. The predicted octanol–water partition coefficient (Wildman–Crippen LogP) is 1.64. The first-order valence-corrected chi connectivity index (χ1v) is 6.49. The number of aromatic nitrogens is 1. The molecule has 0 amide bonds. The van der Waals surface area contributed by atoms with Crippen LogP contribution in [0.4, 0.5) is 5.82 Å². The van der Waals surface area contributed by atoms with Gasteiger partial charge in [0.15, 0.2) is 0 Å². The van der Waals surface area contributed by atoms with Gasteiger partial charge in [-0.25, -0.2) is 4.98 Å². The molecule has 0 aromatic carbocycles. The van der Waals surface area contributed by atoms with E-state index in [-0.39, 0.29) is 11.3 Å². The molecule has 0 radical (unpaired) electrons. The number of rotatable bonds is 2. The Morgan fingerprint density at radius 3 is 2.89 bits per heavy atom. The van der Waals surface area contributed by atoms with E-state index in [1.807, 2.05) is 4.90 Å². The second-order valence-corrected chi connectivity index (χ2v) is 5.47. The van der Waals surface area contributed by atoms with Crippen LogP contribution in [0.1, 0.15) is 24.8 Å². The van der Waals surface area contributed by atoms with Crippen LogP contribution in [0, 0.1) is 22.7 Å². The third kappa shape index (κ3) is 1.75. The molecule has 1 N–H and O–H groups in total. The van der Waals surface area contributed by atoms with Gasteiger partial charge in [0.05, 0.1) is 11.5 Å². The molecule has 3 rings (SSSR count). The number of nitrogens with zero attached hydrogens (tertiary/aromatic N) is 3. The number of anilines is 1. The van der Waals surface area contributed by atoms with Crippen molar-refractivity contribution in [2.24, 2.45) is 11.3 Å². The van der Waals surface area contributed by atoms with E-state index >= 15 is 0 Å². The summed E-state index contributed by atoms with van der Waals surface area (Å²) in [6.45, 7) is 1.16. The summed E-state index contributed by atoms with van der Waals surface area (Å²) in [5.41, 5.74) is 0.416. The Hall–Kier alpha value is -2.09. The van der Waals surface area contributed by atoms with Crippen molar-refractivity contribution in [2.45, 2.75) is 19.3 Å². The highest BCUT2D eigenvalue weighted by atomic mass is 16.4. The topological polar surface area (TPSA) is 77.2 Å². The molecule has 1 aliphatic carbocycles. The summed E-state index contributed by atoms with van der Waals surface area (Å²) in [4.78, 5) is 17.7. The van der Waals surface area contributed by atoms with Crippen LogP contribution in [0.3, 0.4) is 0 Å². The van der Waals surface area contributed by atoms with Crippen molar-refractivity contribution in [1.82, 2.24) is 4.98 Å². The van der Waals surface area contributed by atoms with Gasteiger partial charge >= 0.3 is 5.97 Å². The Morgan fingerprint density at radius 2 is 2.37 bits per heavy atom. The second kappa shape index (κ2) is 4.23. The Bertz CT molecular complexity index is 560. The lowest BCUT2D eigenvalue weighted by Crippen LogP contribution is -2.40. The van der Waals surface area contributed by atoms with Crippen LogP contribution in [-0.2, 0) is 4.79 Å². The number of nitriles is 1. The van der Waals surface area contributed by atoms with Crippen molar-refractivity contribution in [3.63, 3.8) is 0 Å².